The molecule has 2 fully saturated rings. The Morgan fingerprint density at radius 3 is 2.34 bits per heavy atom. The Kier molecular flexibility index (Phi) is 7.73. The van der Waals surface area contributed by atoms with Crippen LogP contribution in [0.5, 0.6) is 0 Å². The summed E-state index contributed by atoms with van der Waals surface area (Å²) in [5, 5.41) is 6.81. The van der Waals surface area contributed by atoms with Gasteiger partial charge in [0.1, 0.15) is 17.5 Å². The summed E-state index contributed by atoms with van der Waals surface area (Å²) in [5.41, 5.74) is 0.956. The highest BCUT2D eigenvalue weighted by molar-refractivity contribution is 7.80. The molecule has 2 aromatic rings. The standard InChI is InChI=1S/C24H33FN6S/c1-18-7-6-14-31(17-18)22-15-21(30-12-4-2-3-5-13-30)27-23(28-22)29-24(32)26-16-19-8-10-20(25)11-9-19/h8-11,15,18H,2-7,12-14,16-17H2,1H3,(H2,26,27,28,29,32). The summed E-state index contributed by atoms with van der Waals surface area (Å²) in [5.74, 6) is 2.88. The number of aromatic nitrogens is 2. The molecule has 172 valence electrons. The van der Waals surface area contributed by atoms with Gasteiger partial charge in [0.25, 0.3) is 0 Å². The summed E-state index contributed by atoms with van der Waals surface area (Å²) >= 11 is 5.50. The molecule has 3 heterocycles. The van der Waals surface area contributed by atoms with Crippen LogP contribution in [0.15, 0.2) is 30.3 Å². The van der Waals surface area contributed by atoms with E-state index >= 15 is 0 Å². The lowest BCUT2D eigenvalue weighted by Crippen LogP contribution is -2.36. The van der Waals surface area contributed by atoms with E-state index in [2.05, 4.69) is 33.4 Å². The monoisotopic (exact) mass is 456 g/mol. The smallest absolute Gasteiger partial charge is 0.232 e. The molecule has 2 N–H and O–H groups in total. The average molecular weight is 457 g/mol. The van der Waals surface area contributed by atoms with Crippen molar-refractivity contribution < 1.29 is 4.39 Å². The quantitative estimate of drug-likeness (QED) is 0.632. The van der Waals surface area contributed by atoms with Gasteiger partial charge in [-0.1, -0.05) is 31.9 Å². The van der Waals surface area contributed by atoms with Crippen LogP contribution in [0.1, 0.15) is 51.0 Å². The van der Waals surface area contributed by atoms with Gasteiger partial charge in [-0.3, -0.25) is 0 Å². The van der Waals surface area contributed by atoms with Gasteiger partial charge in [-0.05, 0) is 61.5 Å². The van der Waals surface area contributed by atoms with Gasteiger partial charge in [0.2, 0.25) is 5.95 Å². The topological polar surface area (TPSA) is 56.3 Å². The van der Waals surface area contributed by atoms with E-state index in [1.54, 1.807) is 12.1 Å². The molecule has 0 aliphatic carbocycles. The van der Waals surface area contributed by atoms with Crippen molar-refractivity contribution in [2.45, 2.75) is 52.0 Å². The molecule has 1 unspecified atom stereocenters. The third-order valence-electron chi connectivity index (χ3n) is 6.20. The third kappa shape index (κ3) is 6.28. The normalized spacial score (nSPS) is 19.4. The van der Waals surface area contributed by atoms with Gasteiger partial charge < -0.3 is 20.4 Å². The van der Waals surface area contributed by atoms with Gasteiger partial charge >= 0.3 is 0 Å². The second-order valence-corrected chi connectivity index (χ2v) is 9.35. The number of hydrogen-bond acceptors (Lipinski definition) is 5. The lowest BCUT2D eigenvalue weighted by molar-refractivity contribution is 0.444. The van der Waals surface area contributed by atoms with E-state index in [1.165, 1.54) is 50.7 Å². The number of nitrogens with one attached hydrogen (secondary N) is 2. The minimum absolute atomic E-state index is 0.243. The van der Waals surface area contributed by atoms with Crippen molar-refractivity contribution >= 4 is 34.9 Å². The molecule has 8 heteroatoms. The lowest BCUT2D eigenvalue weighted by atomic mass is 10.0. The summed E-state index contributed by atoms with van der Waals surface area (Å²) in [4.78, 5) is 14.4. The van der Waals surface area contributed by atoms with Crippen molar-refractivity contribution in [2.75, 3.05) is 41.3 Å². The van der Waals surface area contributed by atoms with E-state index in [-0.39, 0.29) is 5.82 Å². The summed E-state index contributed by atoms with van der Waals surface area (Å²) in [6, 6.07) is 8.54. The van der Waals surface area contributed by atoms with Crippen LogP contribution in [0.2, 0.25) is 0 Å². The summed E-state index contributed by atoms with van der Waals surface area (Å²) < 4.78 is 13.1. The molecule has 0 saturated carbocycles. The minimum atomic E-state index is -0.243. The van der Waals surface area contributed by atoms with E-state index in [1.807, 2.05) is 0 Å². The number of halogens is 1. The molecule has 1 atom stereocenters. The van der Waals surface area contributed by atoms with Crippen LogP contribution >= 0.6 is 12.2 Å². The Bertz CT molecular complexity index is 878. The molecule has 1 aromatic heterocycles. The largest absolute Gasteiger partial charge is 0.358 e. The first-order chi connectivity index (χ1) is 15.6. The van der Waals surface area contributed by atoms with E-state index in [4.69, 9.17) is 22.2 Å². The highest BCUT2D eigenvalue weighted by Gasteiger charge is 2.21. The fourth-order valence-electron chi connectivity index (χ4n) is 4.43. The summed E-state index contributed by atoms with van der Waals surface area (Å²) in [6.45, 7) is 6.90. The van der Waals surface area contributed by atoms with Crippen LogP contribution in [-0.2, 0) is 6.54 Å². The van der Waals surface area contributed by atoms with Crippen molar-refractivity contribution in [1.29, 1.82) is 0 Å². The molecule has 0 amide bonds. The second-order valence-electron chi connectivity index (χ2n) is 8.94. The molecular weight excluding hydrogens is 423 g/mol. The highest BCUT2D eigenvalue weighted by atomic mass is 32.1. The first kappa shape index (κ1) is 22.7. The lowest BCUT2D eigenvalue weighted by Gasteiger charge is -2.33. The van der Waals surface area contributed by atoms with E-state index in [9.17, 15) is 4.39 Å². The van der Waals surface area contributed by atoms with Gasteiger partial charge in [-0.2, -0.15) is 9.97 Å². The molecule has 2 aliphatic rings. The SMILES string of the molecule is CC1CCCN(c2cc(N3CCCCCC3)nc(NC(=S)NCc3ccc(F)cc3)n2)C1. The maximum absolute atomic E-state index is 13.1. The number of nitrogens with zero attached hydrogens (tertiary/aromatic N) is 4. The number of benzene rings is 1. The van der Waals surface area contributed by atoms with Crippen molar-refractivity contribution in [2.24, 2.45) is 5.92 Å². The molecule has 2 saturated heterocycles. The minimum Gasteiger partial charge on any atom is -0.358 e. The maximum atomic E-state index is 13.1. The van der Waals surface area contributed by atoms with Crippen molar-refractivity contribution in [3.05, 3.63) is 41.7 Å². The molecule has 2 aliphatic heterocycles. The number of rotatable bonds is 5. The number of piperidine rings is 1. The van der Waals surface area contributed by atoms with Gasteiger partial charge in [0, 0.05) is 38.8 Å². The van der Waals surface area contributed by atoms with Gasteiger partial charge in [-0.15, -0.1) is 0 Å². The Labute approximate surface area is 195 Å². The predicted molar refractivity (Wildman–Crippen MR) is 133 cm³/mol. The molecule has 4 rings (SSSR count). The number of hydrogen-bond donors (Lipinski definition) is 2. The fourth-order valence-corrected chi connectivity index (χ4v) is 4.59. The summed E-state index contributed by atoms with van der Waals surface area (Å²) in [7, 11) is 0. The molecule has 6 nitrogen and oxygen atoms in total. The van der Waals surface area contributed by atoms with Crippen LogP contribution in [-0.4, -0.2) is 41.3 Å². The van der Waals surface area contributed by atoms with Crippen LogP contribution in [0.3, 0.4) is 0 Å². The van der Waals surface area contributed by atoms with Crippen molar-refractivity contribution in [3.63, 3.8) is 0 Å². The second kappa shape index (κ2) is 10.9. The maximum Gasteiger partial charge on any atom is 0.232 e. The molecular formula is C24H33FN6S. The third-order valence-corrected chi connectivity index (χ3v) is 6.45. The van der Waals surface area contributed by atoms with Crippen LogP contribution < -0.4 is 20.4 Å². The van der Waals surface area contributed by atoms with Crippen molar-refractivity contribution in [3.8, 4) is 0 Å². The molecule has 0 bridgehead atoms. The van der Waals surface area contributed by atoms with E-state index < -0.39 is 0 Å². The van der Waals surface area contributed by atoms with Gasteiger partial charge in [0.15, 0.2) is 5.11 Å². The van der Waals surface area contributed by atoms with Crippen LogP contribution in [0, 0.1) is 11.7 Å². The zero-order valence-electron chi connectivity index (χ0n) is 18.8. The van der Waals surface area contributed by atoms with E-state index in [0.717, 1.165) is 43.4 Å². The molecule has 1 aromatic carbocycles. The molecule has 0 spiro atoms. The van der Waals surface area contributed by atoms with Gasteiger partial charge in [0.05, 0.1) is 0 Å². The van der Waals surface area contributed by atoms with Gasteiger partial charge in [-0.25, -0.2) is 4.39 Å². The number of anilines is 3. The van der Waals surface area contributed by atoms with Crippen molar-refractivity contribution in [1.82, 2.24) is 15.3 Å². The Balaban J connectivity index is 1.49. The average Bonchev–Trinajstić information content (AvgIpc) is 3.08. The zero-order chi connectivity index (χ0) is 22.3. The number of thiocarbonyl (C=S) groups is 1. The zero-order valence-corrected chi connectivity index (χ0v) is 19.6. The van der Waals surface area contributed by atoms with Crippen LogP contribution in [0.25, 0.3) is 0 Å². The van der Waals surface area contributed by atoms with E-state index in [0.29, 0.717) is 23.5 Å². The highest BCUT2D eigenvalue weighted by Crippen LogP contribution is 2.27. The first-order valence-electron chi connectivity index (χ1n) is 11.7. The molecule has 32 heavy (non-hydrogen) atoms. The van der Waals surface area contributed by atoms with Crippen LogP contribution in [0.4, 0.5) is 22.0 Å². The Morgan fingerprint density at radius 2 is 1.66 bits per heavy atom. The first-order valence-corrected chi connectivity index (χ1v) is 12.2. The predicted octanol–water partition coefficient (Wildman–Crippen LogP) is 4.72. The fraction of sp³-hybridized carbons (Fsp3) is 0.542. The Morgan fingerprint density at radius 1 is 1.00 bits per heavy atom. The molecule has 0 radical (unpaired) electrons. The summed E-state index contributed by atoms with van der Waals surface area (Å²) in [6.07, 6.45) is 7.40. The Hall–Kier alpha value is -2.48.